The molecule has 0 unspecified atom stereocenters. The Labute approximate surface area is 134 Å². The maximum absolute atomic E-state index is 12.6. The van der Waals surface area contributed by atoms with Gasteiger partial charge in [-0.25, -0.2) is 4.79 Å². The molecule has 0 amide bonds. The standard InChI is InChI=1S/C17H26O4Si/c1-11-13(19-8)10-9-12-14(11)20-22(16(2,3)4,17(5,6)7)21-15(12)18/h9-10H,1-8H3. The molecule has 0 saturated heterocycles. The van der Waals surface area contributed by atoms with Gasteiger partial charge < -0.3 is 13.6 Å². The lowest BCUT2D eigenvalue weighted by Crippen LogP contribution is -2.62. The average molecular weight is 322 g/mol. The molecule has 0 aliphatic carbocycles. The number of fused-ring (bicyclic) bond motifs is 1. The van der Waals surface area contributed by atoms with Gasteiger partial charge in [-0.05, 0) is 19.1 Å². The first-order valence-corrected chi connectivity index (χ1v) is 9.36. The fourth-order valence-corrected chi connectivity index (χ4v) is 7.71. The van der Waals surface area contributed by atoms with Gasteiger partial charge in [0.05, 0.1) is 12.7 Å². The highest BCUT2D eigenvalue weighted by atomic mass is 28.4. The second-order valence-corrected chi connectivity index (χ2v) is 12.5. The summed E-state index contributed by atoms with van der Waals surface area (Å²) in [5.41, 5.74) is 1.33. The largest absolute Gasteiger partial charge is 0.510 e. The second-order valence-electron chi connectivity index (χ2n) is 7.88. The third-order valence-electron chi connectivity index (χ3n) is 4.25. The summed E-state index contributed by atoms with van der Waals surface area (Å²) >= 11 is 0. The third-order valence-corrected chi connectivity index (χ3v) is 9.17. The van der Waals surface area contributed by atoms with Crippen molar-refractivity contribution in [1.82, 2.24) is 0 Å². The number of carbonyl (C=O) groups is 1. The predicted octanol–water partition coefficient (Wildman–Crippen LogP) is 4.60. The lowest BCUT2D eigenvalue weighted by molar-refractivity contribution is 0.0604. The van der Waals surface area contributed by atoms with E-state index in [9.17, 15) is 4.79 Å². The molecule has 122 valence electrons. The molecule has 0 spiro atoms. The molecular formula is C17H26O4Si. The van der Waals surface area contributed by atoms with E-state index in [0.717, 1.165) is 11.3 Å². The SMILES string of the molecule is COc1ccc2c(c1C)O[Si](C(C)(C)C)(C(C)(C)C)OC2=O. The van der Waals surface area contributed by atoms with Crippen LogP contribution in [-0.4, -0.2) is 21.6 Å². The highest BCUT2D eigenvalue weighted by molar-refractivity contribution is 6.76. The first-order chi connectivity index (χ1) is 9.94. The normalized spacial score (nSPS) is 17.4. The van der Waals surface area contributed by atoms with Crippen molar-refractivity contribution in [3.05, 3.63) is 23.3 Å². The van der Waals surface area contributed by atoms with Crippen molar-refractivity contribution in [2.75, 3.05) is 7.11 Å². The summed E-state index contributed by atoms with van der Waals surface area (Å²) in [5, 5.41) is -0.512. The van der Waals surface area contributed by atoms with E-state index in [1.807, 2.05) is 6.92 Å². The monoisotopic (exact) mass is 322 g/mol. The van der Waals surface area contributed by atoms with Crippen molar-refractivity contribution in [2.45, 2.75) is 58.5 Å². The van der Waals surface area contributed by atoms with E-state index < -0.39 is 8.56 Å². The smallest absolute Gasteiger partial charge is 0.473 e. The zero-order valence-electron chi connectivity index (χ0n) is 14.8. The van der Waals surface area contributed by atoms with Crippen LogP contribution in [0.1, 0.15) is 57.5 Å². The lowest BCUT2D eigenvalue weighted by Gasteiger charge is -2.49. The number of hydrogen-bond acceptors (Lipinski definition) is 4. The maximum atomic E-state index is 12.6. The van der Waals surface area contributed by atoms with Crippen LogP contribution >= 0.6 is 0 Å². The van der Waals surface area contributed by atoms with Crippen molar-refractivity contribution < 1.29 is 18.4 Å². The van der Waals surface area contributed by atoms with Gasteiger partial charge in [-0.15, -0.1) is 0 Å². The molecule has 0 aromatic heterocycles. The Balaban J connectivity index is 2.70. The Morgan fingerprint density at radius 3 is 2.00 bits per heavy atom. The van der Waals surface area contributed by atoms with Crippen LogP contribution in [0.5, 0.6) is 11.5 Å². The molecule has 1 heterocycles. The van der Waals surface area contributed by atoms with Crippen LogP contribution in [0.3, 0.4) is 0 Å². The van der Waals surface area contributed by atoms with Crippen molar-refractivity contribution in [3.8, 4) is 11.5 Å². The molecule has 1 aliphatic heterocycles. The number of hydrogen-bond donors (Lipinski definition) is 0. The average Bonchev–Trinajstić information content (AvgIpc) is 2.37. The van der Waals surface area contributed by atoms with Gasteiger partial charge in [-0.2, -0.15) is 0 Å². The second kappa shape index (κ2) is 5.01. The fourth-order valence-electron chi connectivity index (χ4n) is 3.27. The quantitative estimate of drug-likeness (QED) is 0.709. The number of ether oxygens (including phenoxy) is 1. The van der Waals surface area contributed by atoms with Crippen molar-refractivity contribution in [3.63, 3.8) is 0 Å². The van der Waals surface area contributed by atoms with Gasteiger partial charge in [0.1, 0.15) is 11.5 Å². The van der Waals surface area contributed by atoms with Gasteiger partial charge >= 0.3 is 14.5 Å². The van der Waals surface area contributed by atoms with Gasteiger partial charge in [-0.3, -0.25) is 0 Å². The minimum absolute atomic E-state index is 0.256. The van der Waals surface area contributed by atoms with E-state index in [-0.39, 0.29) is 16.0 Å². The van der Waals surface area contributed by atoms with Crippen molar-refractivity contribution >= 4 is 14.5 Å². The molecule has 0 saturated carbocycles. The summed E-state index contributed by atoms with van der Waals surface area (Å²) in [6.45, 7) is 14.4. The van der Waals surface area contributed by atoms with Gasteiger partial charge in [0.25, 0.3) is 0 Å². The zero-order valence-corrected chi connectivity index (χ0v) is 15.8. The molecule has 0 atom stereocenters. The fraction of sp³-hybridized carbons (Fsp3) is 0.588. The van der Waals surface area contributed by atoms with Crippen LogP contribution in [0.2, 0.25) is 10.1 Å². The Kier molecular flexibility index (Phi) is 3.84. The minimum atomic E-state index is -2.87. The Morgan fingerprint density at radius 1 is 1.00 bits per heavy atom. The summed E-state index contributed by atoms with van der Waals surface area (Å²) in [5.74, 6) is 1.05. The van der Waals surface area contributed by atoms with Crippen LogP contribution in [0.25, 0.3) is 0 Å². The molecule has 0 N–H and O–H groups in total. The molecule has 0 bridgehead atoms. The molecule has 0 fully saturated rings. The summed E-state index contributed by atoms with van der Waals surface area (Å²) in [7, 11) is -1.25. The van der Waals surface area contributed by atoms with Gasteiger partial charge in [0.2, 0.25) is 0 Å². The first kappa shape index (κ1) is 16.9. The molecule has 1 aliphatic rings. The lowest BCUT2D eigenvalue weighted by atomic mass is 10.1. The number of benzene rings is 1. The molecule has 22 heavy (non-hydrogen) atoms. The highest BCUT2D eigenvalue weighted by Gasteiger charge is 2.65. The maximum Gasteiger partial charge on any atom is 0.473 e. The van der Waals surface area contributed by atoms with Crippen LogP contribution in [0, 0.1) is 6.92 Å². The van der Waals surface area contributed by atoms with E-state index in [1.54, 1.807) is 19.2 Å². The van der Waals surface area contributed by atoms with Crippen molar-refractivity contribution in [1.29, 1.82) is 0 Å². The predicted molar refractivity (Wildman–Crippen MR) is 89.0 cm³/mol. The molecule has 2 rings (SSSR count). The summed E-state index contributed by atoms with van der Waals surface area (Å²) in [6.07, 6.45) is 0. The van der Waals surface area contributed by atoms with Crippen LogP contribution in [0.15, 0.2) is 12.1 Å². The molecule has 1 aromatic rings. The van der Waals surface area contributed by atoms with E-state index in [1.165, 1.54) is 0 Å². The van der Waals surface area contributed by atoms with E-state index in [2.05, 4.69) is 41.5 Å². The minimum Gasteiger partial charge on any atom is -0.510 e. The van der Waals surface area contributed by atoms with E-state index in [4.69, 9.17) is 13.6 Å². The number of carbonyl (C=O) groups excluding carboxylic acids is 1. The van der Waals surface area contributed by atoms with E-state index >= 15 is 0 Å². The van der Waals surface area contributed by atoms with Gasteiger partial charge in [0, 0.05) is 15.6 Å². The highest BCUT2D eigenvalue weighted by Crippen LogP contribution is 2.55. The molecule has 4 nitrogen and oxygen atoms in total. The molecule has 0 radical (unpaired) electrons. The van der Waals surface area contributed by atoms with E-state index in [0.29, 0.717) is 11.3 Å². The van der Waals surface area contributed by atoms with Crippen LogP contribution in [-0.2, 0) is 4.43 Å². The third kappa shape index (κ3) is 2.31. The number of methoxy groups -OCH3 is 1. The Morgan fingerprint density at radius 2 is 1.55 bits per heavy atom. The van der Waals surface area contributed by atoms with Crippen LogP contribution < -0.4 is 9.16 Å². The summed E-state index contributed by atoms with van der Waals surface area (Å²) in [4.78, 5) is 12.6. The Hall–Kier alpha value is -1.49. The zero-order chi connectivity index (χ0) is 16.9. The Bertz CT molecular complexity index is 594. The summed E-state index contributed by atoms with van der Waals surface area (Å²) < 4.78 is 17.9. The molecule has 5 heteroatoms. The number of rotatable bonds is 1. The van der Waals surface area contributed by atoms with Gasteiger partial charge in [0.15, 0.2) is 0 Å². The van der Waals surface area contributed by atoms with Crippen molar-refractivity contribution in [2.24, 2.45) is 0 Å². The molecular weight excluding hydrogens is 296 g/mol. The van der Waals surface area contributed by atoms with Crippen LogP contribution in [0.4, 0.5) is 0 Å². The topological polar surface area (TPSA) is 44.8 Å². The first-order valence-electron chi connectivity index (χ1n) is 7.54. The molecule has 1 aromatic carbocycles. The van der Waals surface area contributed by atoms with Gasteiger partial charge in [-0.1, -0.05) is 41.5 Å². The summed E-state index contributed by atoms with van der Waals surface area (Å²) in [6, 6.07) is 3.49.